The van der Waals surface area contributed by atoms with E-state index in [1.54, 1.807) is 6.92 Å². The first kappa shape index (κ1) is 20.3. The van der Waals surface area contributed by atoms with Gasteiger partial charge < -0.3 is 14.9 Å². The minimum absolute atomic E-state index is 0.108. The average Bonchev–Trinajstić information content (AvgIpc) is 2.62. The minimum atomic E-state index is -0.434. The van der Waals surface area contributed by atoms with Crippen LogP contribution in [0, 0.1) is 20.8 Å². The Labute approximate surface area is 168 Å². The lowest BCUT2D eigenvalue weighted by Crippen LogP contribution is -2.24. The van der Waals surface area contributed by atoms with Crippen LogP contribution >= 0.6 is 31.9 Å². The summed E-state index contributed by atoms with van der Waals surface area (Å²) >= 11 is 6.34. The zero-order chi connectivity index (χ0) is 19.4. The molecule has 0 heterocycles. The summed E-state index contributed by atoms with van der Waals surface area (Å²) in [7, 11) is 0. The van der Waals surface area contributed by atoms with Crippen molar-refractivity contribution in [3.05, 3.63) is 49.4 Å². The molecule has 0 spiro atoms. The standard InChI is InChI=1S/C18H18Br2N2O4/c1-9-4-5-10(2)13(6-9)26-8-14(23)22-21-7-12-11(3)15(19)18(25)16(20)17(12)24/h4-7,24-25H,8H2,1-3H3,(H,22,23)/b21-7+. The van der Waals surface area contributed by atoms with Gasteiger partial charge in [0.15, 0.2) is 6.61 Å². The molecule has 0 unspecified atom stereocenters. The predicted molar refractivity (Wildman–Crippen MR) is 107 cm³/mol. The van der Waals surface area contributed by atoms with Crippen LogP contribution in [0.2, 0.25) is 0 Å². The number of nitrogens with one attached hydrogen (secondary N) is 1. The van der Waals surface area contributed by atoms with Crippen LogP contribution in [-0.2, 0) is 4.79 Å². The Bertz CT molecular complexity index is 853. The Morgan fingerprint density at radius 1 is 1.19 bits per heavy atom. The Balaban J connectivity index is 2.03. The van der Waals surface area contributed by atoms with Gasteiger partial charge in [-0.3, -0.25) is 4.79 Å². The number of hydrazone groups is 1. The molecule has 138 valence electrons. The molecule has 0 saturated carbocycles. The number of carbonyl (C=O) groups excluding carboxylic acids is 1. The summed E-state index contributed by atoms with van der Waals surface area (Å²) in [6.07, 6.45) is 1.30. The molecule has 8 heteroatoms. The lowest BCUT2D eigenvalue weighted by molar-refractivity contribution is -0.123. The number of aryl methyl sites for hydroxylation is 2. The quantitative estimate of drug-likeness (QED) is 0.439. The monoisotopic (exact) mass is 484 g/mol. The van der Waals surface area contributed by atoms with Crippen LogP contribution in [0.3, 0.4) is 0 Å². The van der Waals surface area contributed by atoms with Gasteiger partial charge in [0.2, 0.25) is 0 Å². The van der Waals surface area contributed by atoms with Crippen molar-refractivity contribution in [2.24, 2.45) is 5.10 Å². The maximum absolute atomic E-state index is 11.9. The summed E-state index contributed by atoms with van der Waals surface area (Å²) in [5, 5.41) is 23.8. The number of carbonyl (C=O) groups is 1. The molecular weight excluding hydrogens is 468 g/mol. The highest BCUT2D eigenvalue weighted by atomic mass is 79.9. The van der Waals surface area contributed by atoms with Crippen molar-refractivity contribution in [3.8, 4) is 17.2 Å². The molecule has 3 N–H and O–H groups in total. The molecule has 26 heavy (non-hydrogen) atoms. The number of nitrogens with zero attached hydrogens (tertiary/aromatic N) is 1. The van der Waals surface area contributed by atoms with Crippen molar-refractivity contribution < 1.29 is 19.7 Å². The summed E-state index contributed by atoms with van der Waals surface area (Å²) in [5.74, 6) is -0.0730. The summed E-state index contributed by atoms with van der Waals surface area (Å²) < 4.78 is 6.06. The zero-order valence-electron chi connectivity index (χ0n) is 14.4. The number of amides is 1. The number of aromatic hydroxyl groups is 2. The van der Waals surface area contributed by atoms with Gasteiger partial charge in [-0.2, -0.15) is 5.10 Å². The van der Waals surface area contributed by atoms with Crippen LogP contribution in [0.4, 0.5) is 0 Å². The van der Waals surface area contributed by atoms with E-state index in [1.165, 1.54) is 6.21 Å². The summed E-state index contributed by atoms with van der Waals surface area (Å²) in [4.78, 5) is 11.9. The van der Waals surface area contributed by atoms with E-state index in [1.807, 2.05) is 32.0 Å². The van der Waals surface area contributed by atoms with E-state index in [2.05, 4.69) is 42.4 Å². The van der Waals surface area contributed by atoms with Crippen LogP contribution in [0.5, 0.6) is 17.2 Å². The molecule has 0 aliphatic heterocycles. The number of phenolic OH excluding ortho intramolecular Hbond substituents is 2. The number of benzene rings is 2. The molecule has 2 aromatic rings. The first-order valence-electron chi connectivity index (χ1n) is 7.63. The zero-order valence-corrected chi connectivity index (χ0v) is 17.6. The van der Waals surface area contributed by atoms with Crippen LogP contribution in [0.25, 0.3) is 0 Å². The van der Waals surface area contributed by atoms with E-state index in [0.717, 1.165) is 11.1 Å². The van der Waals surface area contributed by atoms with E-state index < -0.39 is 5.91 Å². The Morgan fingerprint density at radius 2 is 1.88 bits per heavy atom. The van der Waals surface area contributed by atoms with Gasteiger partial charge in [-0.1, -0.05) is 12.1 Å². The predicted octanol–water partition coefficient (Wildman–Crippen LogP) is 4.08. The lowest BCUT2D eigenvalue weighted by atomic mass is 10.1. The molecule has 6 nitrogen and oxygen atoms in total. The molecule has 0 fully saturated rings. The Morgan fingerprint density at radius 3 is 2.58 bits per heavy atom. The Hall–Kier alpha value is -2.06. The number of hydrogen-bond acceptors (Lipinski definition) is 5. The van der Waals surface area contributed by atoms with E-state index in [4.69, 9.17) is 4.74 Å². The van der Waals surface area contributed by atoms with Crippen LogP contribution < -0.4 is 10.2 Å². The Kier molecular flexibility index (Phi) is 6.66. The third-order valence-electron chi connectivity index (χ3n) is 3.70. The molecule has 2 rings (SSSR count). The fraction of sp³-hybridized carbons (Fsp3) is 0.222. The average molecular weight is 486 g/mol. The van der Waals surface area contributed by atoms with E-state index in [9.17, 15) is 15.0 Å². The van der Waals surface area contributed by atoms with Crippen LogP contribution in [-0.4, -0.2) is 28.9 Å². The van der Waals surface area contributed by atoms with Gasteiger partial charge in [0.05, 0.1) is 10.7 Å². The van der Waals surface area contributed by atoms with Gasteiger partial charge in [-0.05, 0) is 75.4 Å². The van der Waals surface area contributed by atoms with Gasteiger partial charge in [-0.15, -0.1) is 0 Å². The molecule has 1 amide bonds. The fourth-order valence-electron chi connectivity index (χ4n) is 2.17. The summed E-state index contributed by atoms with van der Waals surface area (Å²) in [6, 6.07) is 5.75. The highest BCUT2D eigenvalue weighted by Gasteiger charge is 2.17. The van der Waals surface area contributed by atoms with Crippen molar-refractivity contribution in [2.75, 3.05) is 6.61 Å². The van der Waals surface area contributed by atoms with Gasteiger partial charge in [0.25, 0.3) is 5.91 Å². The molecule has 0 aromatic heterocycles. The van der Waals surface area contributed by atoms with Gasteiger partial charge >= 0.3 is 0 Å². The second-order valence-electron chi connectivity index (χ2n) is 5.71. The molecule has 0 bridgehead atoms. The second kappa shape index (κ2) is 8.55. The van der Waals surface area contributed by atoms with Gasteiger partial charge in [-0.25, -0.2) is 5.43 Å². The van der Waals surface area contributed by atoms with Crippen molar-refractivity contribution in [1.29, 1.82) is 0 Å². The minimum Gasteiger partial charge on any atom is -0.506 e. The summed E-state index contributed by atoms with van der Waals surface area (Å²) in [5.41, 5.74) is 5.26. The first-order valence-corrected chi connectivity index (χ1v) is 9.22. The second-order valence-corrected chi connectivity index (χ2v) is 7.30. The molecule has 0 aliphatic rings. The largest absolute Gasteiger partial charge is 0.506 e. The van der Waals surface area contributed by atoms with Gasteiger partial charge in [0, 0.05) is 5.56 Å². The number of ether oxygens (including phenoxy) is 1. The normalized spacial score (nSPS) is 11.0. The number of halogens is 2. The summed E-state index contributed by atoms with van der Waals surface area (Å²) in [6.45, 7) is 5.36. The third-order valence-corrected chi connectivity index (χ3v) is 5.42. The van der Waals surface area contributed by atoms with E-state index in [0.29, 0.717) is 21.3 Å². The third kappa shape index (κ3) is 4.56. The number of rotatable bonds is 5. The number of hydrogen-bond donors (Lipinski definition) is 3. The smallest absolute Gasteiger partial charge is 0.277 e. The highest BCUT2D eigenvalue weighted by Crippen LogP contribution is 2.43. The van der Waals surface area contributed by atoms with E-state index >= 15 is 0 Å². The first-order chi connectivity index (χ1) is 12.2. The van der Waals surface area contributed by atoms with Crippen LogP contribution in [0.1, 0.15) is 22.3 Å². The SMILES string of the molecule is Cc1ccc(C)c(OCC(=O)N/N=C/c2c(C)c(Br)c(O)c(Br)c2O)c1. The molecule has 0 radical (unpaired) electrons. The van der Waals surface area contributed by atoms with Crippen molar-refractivity contribution >= 4 is 44.0 Å². The topological polar surface area (TPSA) is 91.2 Å². The van der Waals surface area contributed by atoms with Crippen molar-refractivity contribution in [1.82, 2.24) is 5.43 Å². The number of phenols is 2. The van der Waals surface area contributed by atoms with Gasteiger partial charge in [0.1, 0.15) is 21.7 Å². The van der Waals surface area contributed by atoms with Crippen LogP contribution in [0.15, 0.2) is 32.2 Å². The molecule has 2 aromatic carbocycles. The molecule has 0 aliphatic carbocycles. The molecular formula is C18H18Br2N2O4. The molecule has 0 saturated heterocycles. The molecule has 0 atom stereocenters. The van der Waals surface area contributed by atoms with E-state index in [-0.39, 0.29) is 22.6 Å². The maximum Gasteiger partial charge on any atom is 0.277 e. The van der Waals surface area contributed by atoms with Crippen molar-refractivity contribution in [2.45, 2.75) is 20.8 Å². The lowest BCUT2D eigenvalue weighted by Gasteiger charge is -2.11. The fourth-order valence-corrected chi connectivity index (χ4v) is 3.26. The van der Waals surface area contributed by atoms with Crippen molar-refractivity contribution in [3.63, 3.8) is 0 Å². The highest BCUT2D eigenvalue weighted by molar-refractivity contribution is 9.11. The maximum atomic E-state index is 11.9.